The standard InChI is InChI=1S/C13H16N2O/c16-13-8-14-7-11-10-5-3-1-2-4-9(10)6-12(11)15-13/h7H,1-6,8H2,(H,15,16). The Morgan fingerprint density at radius 3 is 3.00 bits per heavy atom. The molecule has 0 radical (unpaired) electrons. The molecule has 1 amide bonds. The second kappa shape index (κ2) is 3.89. The van der Waals surface area contributed by atoms with Crippen LogP contribution in [0, 0.1) is 0 Å². The summed E-state index contributed by atoms with van der Waals surface area (Å²) in [6.07, 6.45) is 9.12. The van der Waals surface area contributed by atoms with Crippen molar-refractivity contribution in [1.29, 1.82) is 0 Å². The molecule has 0 aromatic rings. The van der Waals surface area contributed by atoms with E-state index >= 15 is 0 Å². The zero-order valence-electron chi connectivity index (χ0n) is 9.38. The van der Waals surface area contributed by atoms with Gasteiger partial charge in [0.15, 0.2) is 0 Å². The van der Waals surface area contributed by atoms with Gasteiger partial charge in [0.1, 0.15) is 6.54 Å². The second-order valence-corrected chi connectivity index (χ2v) is 4.73. The molecule has 1 N–H and O–H groups in total. The molecule has 2 aliphatic carbocycles. The fourth-order valence-electron chi connectivity index (χ4n) is 2.85. The van der Waals surface area contributed by atoms with E-state index in [2.05, 4.69) is 10.3 Å². The molecule has 3 nitrogen and oxygen atoms in total. The summed E-state index contributed by atoms with van der Waals surface area (Å²) in [6, 6.07) is 0. The first-order chi connectivity index (χ1) is 7.84. The first-order valence-corrected chi connectivity index (χ1v) is 6.08. The van der Waals surface area contributed by atoms with Crippen LogP contribution in [0.2, 0.25) is 0 Å². The van der Waals surface area contributed by atoms with Gasteiger partial charge in [-0.15, -0.1) is 0 Å². The van der Waals surface area contributed by atoms with E-state index in [1.807, 2.05) is 6.21 Å². The largest absolute Gasteiger partial charge is 0.327 e. The zero-order valence-corrected chi connectivity index (χ0v) is 9.38. The minimum absolute atomic E-state index is 0.0268. The molecule has 3 heteroatoms. The van der Waals surface area contributed by atoms with Crippen LogP contribution in [0.15, 0.2) is 27.4 Å². The van der Waals surface area contributed by atoms with Crippen LogP contribution < -0.4 is 5.32 Å². The van der Waals surface area contributed by atoms with Gasteiger partial charge in [0, 0.05) is 23.9 Å². The molecular weight excluding hydrogens is 200 g/mol. The highest BCUT2D eigenvalue weighted by Gasteiger charge is 2.26. The van der Waals surface area contributed by atoms with Crippen molar-refractivity contribution in [2.75, 3.05) is 6.54 Å². The summed E-state index contributed by atoms with van der Waals surface area (Å²) in [7, 11) is 0. The molecule has 0 atom stereocenters. The third-order valence-electron chi connectivity index (χ3n) is 3.62. The number of aliphatic imine (C=N–C) groups is 1. The lowest BCUT2D eigenvalue weighted by molar-refractivity contribution is -0.118. The fourth-order valence-corrected chi connectivity index (χ4v) is 2.85. The summed E-state index contributed by atoms with van der Waals surface area (Å²) in [6.45, 7) is 0.273. The van der Waals surface area contributed by atoms with Crippen molar-refractivity contribution in [1.82, 2.24) is 5.32 Å². The number of nitrogens with one attached hydrogen (secondary N) is 1. The monoisotopic (exact) mass is 216 g/mol. The van der Waals surface area contributed by atoms with Gasteiger partial charge in [0.2, 0.25) is 5.91 Å². The van der Waals surface area contributed by atoms with Crippen molar-refractivity contribution in [2.45, 2.75) is 38.5 Å². The molecule has 0 saturated carbocycles. The Hall–Kier alpha value is -1.38. The van der Waals surface area contributed by atoms with E-state index in [1.165, 1.54) is 42.4 Å². The minimum atomic E-state index is 0.0268. The molecule has 0 fully saturated rings. The Balaban J connectivity index is 1.95. The third kappa shape index (κ3) is 1.60. The number of hydrogen-bond acceptors (Lipinski definition) is 2. The number of carbonyl (C=O) groups excluding carboxylic acids is 1. The van der Waals surface area contributed by atoms with Gasteiger partial charge in [0.05, 0.1) is 0 Å². The van der Waals surface area contributed by atoms with E-state index in [9.17, 15) is 4.79 Å². The van der Waals surface area contributed by atoms with Gasteiger partial charge in [0.25, 0.3) is 0 Å². The number of allylic oxidation sites excluding steroid dienone is 3. The smallest absolute Gasteiger partial charge is 0.245 e. The molecule has 84 valence electrons. The number of hydrogen-bond donors (Lipinski definition) is 1. The van der Waals surface area contributed by atoms with Crippen LogP contribution in [0.5, 0.6) is 0 Å². The van der Waals surface area contributed by atoms with E-state index in [-0.39, 0.29) is 12.5 Å². The Bertz CT molecular complexity index is 429. The van der Waals surface area contributed by atoms with Crippen molar-refractivity contribution in [2.24, 2.45) is 4.99 Å². The van der Waals surface area contributed by atoms with Crippen LogP contribution in [0.25, 0.3) is 0 Å². The Morgan fingerprint density at radius 1 is 1.19 bits per heavy atom. The summed E-state index contributed by atoms with van der Waals surface area (Å²) in [4.78, 5) is 15.6. The lowest BCUT2D eigenvalue weighted by Crippen LogP contribution is -2.23. The summed E-state index contributed by atoms with van der Waals surface area (Å²) in [5, 5.41) is 2.99. The highest BCUT2D eigenvalue weighted by atomic mass is 16.1. The number of fused-ring (bicyclic) bond motifs is 1. The lowest BCUT2D eigenvalue weighted by Gasteiger charge is -2.05. The molecule has 3 rings (SSSR count). The minimum Gasteiger partial charge on any atom is -0.327 e. The number of rotatable bonds is 0. The van der Waals surface area contributed by atoms with E-state index < -0.39 is 0 Å². The average molecular weight is 216 g/mol. The second-order valence-electron chi connectivity index (χ2n) is 4.73. The predicted molar refractivity (Wildman–Crippen MR) is 63.3 cm³/mol. The van der Waals surface area contributed by atoms with Crippen LogP contribution in [0.3, 0.4) is 0 Å². The summed E-state index contributed by atoms with van der Waals surface area (Å²) < 4.78 is 0. The van der Waals surface area contributed by atoms with Gasteiger partial charge in [-0.1, -0.05) is 12.0 Å². The third-order valence-corrected chi connectivity index (χ3v) is 3.62. The molecule has 1 heterocycles. The van der Waals surface area contributed by atoms with Crippen LogP contribution >= 0.6 is 0 Å². The molecule has 0 aromatic heterocycles. The molecular formula is C13H16N2O. The predicted octanol–water partition coefficient (Wildman–Crippen LogP) is 2.11. The van der Waals surface area contributed by atoms with Crippen molar-refractivity contribution in [3.63, 3.8) is 0 Å². The van der Waals surface area contributed by atoms with Crippen LogP contribution in [0.1, 0.15) is 38.5 Å². The van der Waals surface area contributed by atoms with E-state index in [0.717, 1.165) is 18.5 Å². The molecule has 0 spiro atoms. The van der Waals surface area contributed by atoms with Gasteiger partial charge in [-0.25, -0.2) is 0 Å². The van der Waals surface area contributed by atoms with Gasteiger partial charge in [-0.3, -0.25) is 9.79 Å². The van der Waals surface area contributed by atoms with Crippen molar-refractivity contribution in [3.8, 4) is 0 Å². The number of nitrogens with zero attached hydrogens (tertiary/aromatic N) is 1. The highest BCUT2D eigenvalue weighted by Crippen LogP contribution is 2.38. The molecule has 16 heavy (non-hydrogen) atoms. The van der Waals surface area contributed by atoms with Crippen molar-refractivity contribution < 1.29 is 4.79 Å². The molecule has 0 saturated heterocycles. The van der Waals surface area contributed by atoms with Gasteiger partial charge in [-0.2, -0.15) is 0 Å². The average Bonchev–Trinajstić information content (AvgIpc) is 2.48. The van der Waals surface area contributed by atoms with Crippen molar-refractivity contribution >= 4 is 12.1 Å². The topological polar surface area (TPSA) is 41.5 Å². The van der Waals surface area contributed by atoms with Gasteiger partial charge in [-0.05, 0) is 31.3 Å². The Labute approximate surface area is 95.3 Å². The highest BCUT2D eigenvalue weighted by molar-refractivity contribution is 5.94. The van der Waals surface area contributed by atoms with Crippen molar-refractivity contribution in [3.05, 3.63) is 22.4 Å². The fraction of sp³-hybridized carbons (Fsp3) is 0.538. The van der Waals surface area contributed by atoms with Gasteiger partial charge >= 0.3 is 0 Å². The Kier molecular flexibility index (Phi) is 2.39. The summed E-state index contributed by atoms with van der Waals surface area (Å²) in [5.41, 5.74) is 5.32. The number of amides is 1. The lowest BCUT2D eigenvalue weighted by atomic mass is 10.0. The maximum atomic E-state index is 11.4. The molecule has 0 aromatic carbocycles. The zero-order chi connectivity index (χ0) is 11.0. The SMILES string of the molecule is O=C1CN=CC2=C(CC3=C2CCCCC3)N1. The van der Waals surface area contributed by atoms with Gasteiger partial charge < -0.3 is 5.32 Å². The normalized spacial score (nSPS) is 24.9. The number of carbonyl (C=O) groups is 1. The molecule has 0 unspecified atom stereocenters. The maximum Gasteiger partial charge on any atom is 0.245 e. The summed E-state index contributed by atoms with van der Waals surface area (Å²) in [5.74, 6) is 0.0268. The quantitative estimate of drug-likeness (QED) is 0.662. The first-order valence-electron chi connectivity index (χ1n) is 6.08. The molecule has 3 aliphatic rings. The Morgan fingerprint density at radius 2 is 2.06 bits per heavy atom. The van der Waals surface area contributed by atoms with Crippen LogP contribution in [-0.4, -0.2) is 18.7 Å². The molecule has 1 aliphatic heterocycles. The first kappa shape index (κ1) is 9.82. The van der Waals surface area contributed by atoms with E-state index in [4.69, 9.17) is 0 Å². The van der Waals surface area contributed by atoms with Crippen LogP contribution in [-0.2, 0) is 4.79 Å². The summed E-state index contributed by atoms with van der Waals surface area (Å²) >= 11 is 0. The van der Waals surface area contributed by atoms with E-state index in [1.54, 1.807) is 0 Å². The van der Waals surface area contributed by atoms with E-state index in [0.29, 0.717) is 0 Å². The maximum absolute atomic E-state index is 11.4. The van der Waals surface area contributed by atoms with Crippen LogP contribution in [0.4, 0.5) is 0 Å². The molecule has 0 bridgehead atoms.